The molecule has 3 heteroatoms. The average molecular weight is 195 g/mol. The van der Waals surface area contributed by atoms with Gasteiger partial charge in [0.15, 0.2) is 0 Å². The van der Waals surface area contributed by atoms with Gasteiger partial charge in [-0.25, -0.2) is 0 Å². The Morgan fingerprint density at radius 2 is 2.29 bits per heavy atom. The molecule has 0 aliphatic heterocycles. The summed E-state index contributed by atoms with van der Waals surface area (Å²) in [6.07, 6.45) is 0.976. The van der Waals surface area contributed by atoms with E-state index in [1.54, 1.807) is 12.1 Å². The molecule has 0 atom stereocenters. The maximum Gasteiger partial charge on any atom is 0.117 e. The number of hydrogen-bond donors (Lipinski definition) is 2. The van der Waals surface area contributed by atoms with Gasteiger partial charge >= 0.3 is 0 Å². The van der Waals surface area contributed by atoms with Crippen LogP contribution in [-0.2, 0) is 4.74 Å². The van der Waals surface area contributed by atoms with Gasteiger partial charge in [0.25, 0.3) is 0 Å². The second-order valence-corrected chi connectivity index (χ2v) is 3.03. The van der Waals surface area contributed by atoms with Crippen LogP contribution < -0.4 is 5.32 Å². The zero-order valence-corrected chi connectivity index (χ0v) is 8.49. The van der Waals surface area contributed by atoms with E-state index in [-0.39, 0.29) is 0 Å². The summed E-state index contributed by atoms with van der Waals surface area (Å²) in [5, 5.41) is 12.4. The van der Waals surface area contributed by atoms with Crippen LogP contribution in [0.2, 0.25) is 0 Å². The van der Waals surface area contributed by atoms with Crippen LogP contribution in [0.3, 0.4) is 0 Å². The van der Waals surface area contributed by atoms with Crippen molar-refractivity contribution in [1.29, 1.82) is 0 Å². The molecule has 2 N–H and O–H groups in total. The first-order valence-electron chi connectivity index (χ1n) is 4.93. The first kappa shape index (κ1) is 10.9. The number of benzene rings is 1. The maximum atomic E-state index is 9.19. The summed E-state index contributed by atoms with van der Waals surface area (Å²) in [7, 11) is 0. The van der Waals surface area contributed by atoms with E-state index in [1.165, 1.54) is 0 Å². The van der Waals surface area contributed by atoms with Crippen LogP contribution in [0.15, 0.2) is 24.3 Å². The summed E-state index contributed by atoms with van der Waals surface area (Å²) in [4.78, 5) is 0. The highest BCUT2D eigenvalue weighted by Crippen LogP contribution is 2.14. The van der Waals surface area contributed by atoms with Gasteiger partial charge < -0.3 is 15.2 Å². The molecule has 0 saturated carbocycles. The lowest BCUT2D eigenvalue weighted by molar-refractivity contribution is 0.147. The van der Waals surface area contributed by atoms with E-state index in [1.807, 2.05) is 19.1 Å². The number of nitrogens with one attached hydrogen (secondary N) is 1. The van der Waals surface area contributed by atoms with Gasteiger partial charge in [0.1, 0.15) is 5.75 Å². The number of anilines is 1. The van der Waals surface area contributed by atoms with Crippen LogP contribution >= 0.6 is 0 Å². The molecule has 0 aliphatic carbocycles. The monoisotopic (exact) mass is 195 g/mol. The van der Waals surface area contributed by atoms with Crippen molar-refractivity contribution in [3.63, 3.8) is 0 Å². The summed E-state index contributed by atoms with van der Waals surface area (Å²) in [6, 6.07) is 7.12. The number of ether oxygens (including phenoxy) is 1. The molecule has 0 bridgehead atoms. The summed E-state index contributed by atoms with van der Waals surface area (Å²) >= 11 is 0. The Bertz CT molecular complexity index is 263. The molecule has 3 nitrogen and oxygen atoms in total. The Labute approximate surface area is 84.7 Å². The molecule has 0 heterocycles. The zero-order valence-electron chi connectivity index (χ0n) is 8.49. The molecule has 78 valence electrons. The molecular formula is C11H17NO2. The van der Waals surface area contributed by atoms with Gasteiger partial charge in [0.2, 0.25) is 0 Å². The van der Waals surface area contributed by atoms with Gasteiger partial charge in [-0.2, -0.15) is 0 Å². The zero-order chi connectivity index (χ0) is 10.2. The molecule has 0 unspecified atom stereocenters. The predicted molar refractivity (Wildman–Crippen MR) is 57.7 cm³/mol. The molecule has 0 spiro atoms. The summed E-state index contributed by atoms with van der Waals surface area (Å²) in [6.45, 7) is 4.40. The van der Waals surface area contributed by atoms with E-state index < -0.39 is 0 Å². The standard InChI is InChI=1S/C11H17NO2/c1-2-14-8-4-7-12-10-5-3-6-11(13)9-10/h3,5-6,9,12-13H,2,4,7-8H2,1H3. The molecule has 0 radical (unpaired) electrons. The average Bonchev–Trinajstić information content (AvgIpc) is 2.18. The topological polar surface area (TPSA) is 41.5 Å². The lowest BCUT2D eigenvalue weighted by atomic mass is 10.3. The van der Waals surface area contributed by atoms with Gasteiger partial charge in [-0.1, -0.05) is 6.07 Å². The van der Waals surface area contributed by atoms with Crippen molar-refractivity contribution in [2.24, 2.45) is 0 Å². The molecule has 0 aromatic heterocycles. The van der Waals surface area contributed by atoms with Crippen LogP contribution in [0.4, 0.5) is 5.69 Å². The highest BCUT2D eigenvalue weighted by Gasteiger charge is 1.92. The fraction of sp³-hybridized carbons (Fsp3) is 0.455. The van der Waals surface area contributed by atoms with Gasteiger partial charge in [0.05, 0.1) is 0 Å². The van der Waals surface area contributed by atoms with Crippen molar-refractivity contribution in [2.75, 3.05) is 25.1 Å². The van der Waals surface area contributed by atoms with E-state index in [0.717, 1.165) is 31.9 Å². The normalized spacial score (nSPS) is 10.1. The van der Waals surface area contributed by atoms with Crippen molar-refractivity contribution in [3.05, 3.63) is 24.3 Å². The fourth-order valence-corrected chi connectivity index (χ4v) is 1.17. The Morgan fingerprint density at radius 1 is 1.43 bits per heavy atom. The number of phenolic OH excluding ortho intramolecular Hbond substituents is 1. The maximum absolute atomic E-state index is 9.19. The van der Waals surface area contributed by atoms with E-state index >= 15 is 0 Å². The first-order chi connectivity index (χ1) is 6.83. The second kappa shape index (κ2) is 6.27. The van der Waals surface area contributed by atoms with Crippen LogP contribution in [-0.4, -0.2) is 24.9 Å². The number of hydrogen-bond acceptors (Lipinski definition) is 3. The van der Waals surface area contributed by atoms with E-state index in [0.29, 0.717) is 5.75 Å². The van der Waals surface area contributed by atoms with Crippen LogP contribution in [0.25, 0.3) is 0 Å². The third-order valence-electron chi connectivity index (χ3n) is 1.84. The largest absolute Gasteiger partial charge is 0.508 e. The number of rotatable bonds is 6. The Hall–Kier alpha value is -1.22. The quantitative estimate of drug-likeness (QED) is 0.684. The fourth-order valence-electron chi connectivity index (χ4n) is 1.17. The molecule has 14 heavy (non-hydrogen) atoms. The Balaban J connectivity index is 2.18. The lowest BCUT2D eigenvalue weighted by Crippen LogP contribution is -2.05. The highest BCUT2D eigenvalue weighted by molar-refractivity contribution is 5.47. The minimum absolute atomic E-state index is 0.291. The molecule has 1 rings (SSSR count). The molecular weight excluding hydrogens is 178 g/mol. The number of aromatic hydroxyl groups is 1. The van der Waals surface area contributed by atoms with Gasteiger partial charge in [0, 0.05) is 31.5 Å². The van der Waals surface area contributed by atoms with E-state index in [9.17, 15) is 5.11 Å². The minimum Gasteiger partial charge on any atom is -0.508 e. The third kappa shape index (κ3) is 4.14. The van der Waals surface area contributed by atoms with Gasteiger partial charge in [-0.15, -0.1) is 0 Å². The third-order valence-corrected chi connectivity index (χ3v) is 1.84. The van der Waals surface area contributed by atoms with Crippen molar-refractivity contribution in [1.82, 2.24) is 0 Å². The van der Waals surface area contributed by atoms with Gasteiger partial charge in [-0.3, -0.25) is 0 Å². The second-order valence-electron chi connectivity index (χ2n) is 3.03. The Kier molecular flexibility index (Phi) is 4.86. The van der Waals surface area contributed by atoms with E-state index in [4.69, 9.17) is 4.74 Å². The van der Waals surface area contributed by atoms with Crippen LogP contribution in [0, 0.1) is 0 Å². The van der Waals surface area contributed by atoms with Gasteiger partial charge in [-0.05, 0) is 25.5 Å². The van der Waals surface area contributed by atoms with Crippen molar-refractivity contribution < 1.29 is 9.84 Å². The van der Waals surface area contributed by atoms with Crippen LogP contribution in [0.5, 0.6) is 5.75 Å². The summed E-state index contributed by atoms with van der Waals surface area (Å²) in [5.41, 5.74) is 0.946. The molecule has 1 aromatic rings. The van der Waals surface area contributed by atoms with Crippen molar-refractivity contribution in [3.8, 4) is 5.75 Å². The molecule has 1 aromatic carbocycles. The summed E-state index contributed by atoms with van der Waals surface area (Å²) < 4.78 is 5.21. The summed E-state index contributed by atoms with van der Waals surface area (Å²) in [5.74, 6) is 0.291. The number of phenols is 1. The SMILES string of the molecule is CCOCCCNc1cccc(O)c1. The predicted octanol–water partition coefficient (Wildman–Crippen LogP) is 2.23. The van der Waals surface area contributed by atoms with Crippen LogP contribution in [0.1, 0.15) is 13.3 Å². The lowest BCUT2D eigenvalue weighted by Gasteiger charge is -2.06. The van der Waals surface area contributed by atoms with E-state index in [2.05, 4.69) is 5.32 Å². The minimum atomic E-state index is 0.291. The highest BCUT2D eigenvalue weighted by atomic mass is 16.5. The molecule has 0 fully saturated rings. The van der Waals surface area contributed by atoms with Crippen molar-refractivity contribution in [2.45, 2.75) is 13.3 Å². The van der Waals surface area contributed by atoms with Crippen molar-refractivity contribution >= 4 is 5.69 Å². The smallest absolute Gasteiger partial charge is 0.117 e. The molecule has 0 amide bonds. The Morgan fingerprint density at radius 3 is 3.00 bits per heavy atom. The molecule has 0 aliphatic rings. The molecule has 0 saturated heterocycles. The first-order valence-corrected chi connectivity index (χ1v) is 4.93.